The van der Waals surface area contributed by atoms with Crippen LogP contribution in [0, 0.1) is 0 Å². The van der Waals surface area contributed by atoms with Gasteiger partial charge in [-0.05, 0) is 48.0 Å². The summed E-state index contributed by atoms with van der Waals surface area (Å²) in [4.78, 5) is 13.2. The van der Waals surface area contributed by atoms with Gasteiger partial charge in [-0.15, -0.1) is 0 Å². The lowest BCUT2D eigenvalue weighted by atomic mass is 10.0. The standard InChI is InChI=1S/C21H18ClN3O4S/c1-30(27,28)24-17-8-3-5-14(12-17)18-13-19(20-9-4-10-29-20)25(23-18)21(26)15-6-2-7-16(22)11-15/h2-12,19,24H,13H2,1H3/t19-/m1/s1. The number of benzene rings is 2. The zero-order chi connectivity index (χ0) is 21.3. The second kappa shape index (κ2) is 7.97. The molecule has 7 nitrogen and oxygen atoms in total. The fourth-order valence-electron chi connectivity index (χ4n) is 3.30. The summed E-state index contributed by atoms with van der Waals surface area (Å²) in [6.07, 6.45) is 3.05. The Bertz CT molecular complexity index is 1220. The molecule has 0 saturated heterocycles. The molecule has 2 heterocycles. The highest BCUT2D eigenvalue weighted by molar-refractivity contribution is 7.92. The van der Waals surface area contributed by atoms with Crippen LogP contribution in [-0.2, 0) is 10.0 Å². The van der Waals surface area contributed by atoms with Gasteiger partial charge in [-0.1, -0.05) is 29.8 Å². The number of amides is 1. The predicted molar refractivity (Wildman–Crippen MR) is 115 cm³/mol. The molecule has 9 heteroatoms. The summed E-state index contributed by atoms with van der Waals surface area (Å²) in [5.41, 5.74) is 2.19. The molecule has 0 unspecified atom stereocenters. The molecule has 1 aromatic heterocycles. The van der Waals surface area contributed by atoms with Crippen LogP contribution >= 0.6 is 11.6 Å². The number of carbonyl (C=O) groups excluding carboxylic acids is 1. The molecule has 1 amide bonds. The summed E-state index contributed by atoms with van der Waals surface area (Å²) in [7, 11) is -3.41. The van der Waals surface area contributed by atoms with Crippen LogP contribution in [0.15, 0.2) is 76.4 Å². The number of anilines is 1. The van der Waals surface area contributed by atoms with E-state index in [1.165, 1.54) is 5.01 Å². The van der Waals surface area contributed by atoms with E-state index in [1.54, 1.807) is 60.9 Å². The number of rotatable bonds is 5. The van der Waals surface area contributed by atoms with E-state index in [0.717, 1.165) is 6.26 Å². The zero-order valence-electron chi connectivity index (χ0n) is 15.9. The highest BCUT2D eigenvalue weighted by Gasteiger charge is 2.35. The molecule has 2 aromatic carbocycles. The first-order valence-electron chi connectivity index (χ1n) is 9.08. The molecule has 0 radical (unpaired) electrons. The minimum atomic E-state index is -3.41. The van der Waals surface area contributed by atoms with Crippen molar-refractivity contribution in [3.8, 4) is 0 Å². The number of hydrazone groups is 1. The van der Waals surface area contributed by atoms with Crippen LogP contribution in [0.25, 0.3) is 0 Å². The highest BCUT2D eigenvalue weighted by Crippen LogP contribution is 2.34. The number of hydrogen-bond donors (Lipinski definition) is 1. The zero-order valence-corrected chi connectivity index (χ0v) is 17.5. The number of hydrogen-bond acceptors (Lipinski definition) is 5. The summed E-state index contributed by atoms with van der Waals surface area (Å²) in [6, 6.07) is 16.7. The Labute approximate surface area is 179 Å². The van der Waals surface area contributed by atoms with Gasteiger partial charge in [-0.2, -0.15) is 5.10 Å². The van der Waals surface area contributed by atoms with Crippen molar-refractivity contribution in [3.05, 3.63) is 88.8 Å². The minimum absolute atomic E-state index is 0.306. The van der Waals surface area contributed by atoms with Crippen molar-refractivity contribution in [3.63, 3.8) is 0 Å². The average molecular weight is 444 g/mol. The van der Waals surface area contributed by atoms with Crippen LogP contribution in [-0.4, -0.2) is 31.3 Å². The molecular formula is C21H18ClN3O4S. The first-order chi connectivity index (χ1) is 14.3. The van der Waals surface area contributed by atoms with Crippen molar-refractivity contribution in [2.24, 2.45) is 5.10 Å². The van der Waals surface area contributed by atoms with Gasteiger partial charge in [0.15, 0.2) is 0 Å². The number of nitrogens with one attached hydrogen (secondary N) is 1. The molecular weight excluding hydrogens is 426 g/mol. The predicted octanol–water partition coefficient (Wildman–Crippen LogP) is 4.30. The van der Waals surface area contributed by atoms with Crippen LogP contribution in [0.1, 0.15) is 34.1 Å². The maximum absolute atomic E-state index is 13.2. The third-order valence-corrected chi connectivity index (χ3v) is 5.40. The van der Waals surface area contributed by atoms with Crippen molar-refractivity contribution in [1.29, 1.82) is 0 Å². The summed E-state index contributed by atoms with van der Waals surface area (Å²) in [5, 5.41) is 6.40. The van der Waals surface area contributed by atoms with Gasteiger partial charge in [0.1, 0.15) is 11.8 Å². The van der Waals surface area contributed by atoms with Crippen molar-refractivity contribution in [1.82, 2.24) is 5.01 Å². The van der Waals surface area contributed by atoms with E-state index < -0.39 is 16.1 Å². The molecule has 30 heavy (non-hydrogen) atoms. The van der Waals surface area contributed by atoms with Crippen molar-refractivity contribution in [2.75, 3.05) is 11.0 Å². The normalized spacial score (nSPS) is 16.4. The van der Waals surface area contributed by atoms with Crippen molar-refractivity contribution < 1.29 is 17.6 Å². The number of carbonyl (C=O) groups is 1. The minimum Gasteiger partial charge on any atom is -0.467 e. The largest absolute Gasteiger partial charge is 0.467 e. The Balaban J connectivity index is 1.70. The van der Waals surface area contributed by atoms with Gasteiger partial charge >= 0.3 is 0 Å². The van der Waals surface area contributed by atoms with Gasteiger partial charge < -0.3 is 4.42 Å². The Hall–Kier alpha value is -3.10. The fourth-order valence-corrected chi connectivity index (χ4v) is 4.05. The van der Waals surface area contributed by atoms with E-state index in [0.29, 0.717) is 39.7 Å². The lowest BCUT2D eigenvalue weighted by molar-refractivity contribution is 0.0693. The van der Waals surface area contributed by atoms with E-state index in [1.807, 2.05) is 6.07 Å². The molecule has 3 aromatic rings. The molecule has 1 aliphatic rings. The van der Waals surface area contributed by atoms with Gasteiger partial charge in [0.05, 0.1) is 18.2 Å². The van der Waals surface area contributed by atoms with E-state index in [4.69, 9.17) is 16.0 Å². The van der Waals surface area contributed by atoms with Gasteiger partial charge in [0.2, 0.25) is 10.0 Å². The second-order valence-electron chi connectivity index (χ2n) is 6.90. The molecule has 154 valence electrons. The number of halogens is 1. The molecule has 1 atom stereocenters. The van der Waals surface area contributed by atoms with Gasteiger partial charge in [-0.3, -0.25) is 9.52 Å². The lowest BCUT2D eigenvalue weighted by Gasteiger charge is -2.20. The van der Waals surface area contributed by atoms with Crippen LogP contribution in [0.4, 0.5) is 5.69 Å². The third kappa shape index (κ3) is 4.39. The van der Waals surface area contributed by atoms with Gasteiger partial charge in [0.25, 0.3) is 5.91 Å². The first kappa shape index (κ1) is 20.2. The molecule has 0 aliphatic carbocycles. The van der Waals surface area contributed by atoms with Crippen LogP contribution < -0.4 is 4.72 Å². The number of sulfonamides is 1. The molecule has 0 spiro atoms. The third-order valence-electron chi connectivity index (χ3n) is 4.56. The second-order valence-corrected chi connectivity index (χ2v) is 9.08. The summed E-state index contributed by atoms with van der Waals surface area (Å²) in [6.45, 7) is 0. The molecule has 1 N–H and O–H groups in total. The van der Waals surface area contributed by atoms with Gasteiger partial charge in [-0.25, -0.2) is 13.4 Å². The number of furan rings is 1. The topological polar surface area (TPSA) is 92.0 Å². The Kier molecular flexibility index (Phi) is 5.36. The van der Waals surface area contributed by atoms with Crippen molar-refractivity contribution in [2.45, 2.75) is 12.5 Å². The van der Waals surface area contributed by atoms with Crippen LogP contribution in [0.2, 0.25) is 5.02 Å². The highest BCUT2D eigenvalue weighted by atomic mass is 35.5. The Morgan fingerprint density at radius 1 is 1.17 bits per heavy atom. The Morgan fingerprint density at radius 2 is 1.97 bits per heavy atom. The molecule has 0 fully saturated rings. The summed E-state index contributed by atoms with van der Waals surface area (Å²) in [5.74, 6) is 0.300. The van der Waals surface area contributed by atoms with E-state index in [2.05, 4.69) is 9.82 Å². The number of nitrogens with zero attached hydrogens (tertiary/aromatic N) is 2. The monoisotopic (exact) mass is 443 g/mol. The fraction of sp³-hybridized carbons (Fsp3) is 0.143. The molecule has 4 rings (SSSR count). The smallest absolute Gasteiger partial charge is 0.274 e. The van der Waals surface area contributed by atoms with E-state index in [-0.39, 0.29) is 5.91 Å². The molecule has 1 aliphatic heterocycles. The van der Waals surface area contributed by atoms with Crippen LogP contribution in [0.3, 0.4) is 0 Å². The maximum atomic E-state index is 13.2. The summed E-state index contributed by atoms with van der Waals surface area (Å²) >= 11 is 6.05. The lowest BCUT2D eigenvalue weighted by Crippen LogP contribution is -2.26. The van der Waals surface area contributed by atoms with E-state index >= 15 is 0 Å². The SMILES string of the molecule is CS(=O)(=O)Nc1cccc(C2=NN(C(=O)c3cccc(Cl)c3)[C@@H](c3ccco3)C2)c1. The first-order valence-corrected chi connectivity index (χ1v) is 11.4. The maximum Gasteiger partial charge on any atom is 0.274 e. The summed E-state index contributed by atoms with van der Waals surface area (Å²) < 4.78 is 31.1. The molecule has 0 saturated carbocycles. The van der Waals surface area contributed by atoms with Crippen molar-refractivity contribution >= 4 is 38.9 Å². The van der Waals surface area contributed by atoms with E-state index in [9.17, 15) is 13.2 Å². The van der Waals surface area contributed by atoms with Gasteiger partial charge in [0, 0.05) is 22.7 Å². The quantitative estimate of drug-likeness (QED) is 0.636. The van der Waals surface area contributed by atoms with Crippen LogP contribution in [0.5, 0.6) is 0 Å². The Morgan fingerprint density at radius 3 is 2.67 bits per heavy atom. The average Bonchev–Trinajstić information content (AvgIpc) is 3.36. The molecule has 0 bridgehead atoms.